The first-order valence-electron chi connectivity index (χ1n) is 6.09. The number of carboxylic acid groups (broad SMARTS) is 1. The molecule has 0 bridgehead atoms. The Morgan fingerprint density at radius 2 is 2.05 bits per heavy atom. The van der Waals surface area contributed by atoms with Crippen LogP contribution in [0.2, 0.25) is 0 Å². The molecule has 0 aliphatic rings. The van der Waals surface area contributed by atoms with Gasteiger partial charge in [-0.25, -0.2) is 4.79 Å². The highest BCUT2D eigenvalue weighted by Gasteiger charge is 2.20. The fraction of sp³-hybridized carbons (Fsp3) is 0.462. The van der Waals surface area contributed by atoms with Gasteiger partial charge in [-0.05, 0) is 32.4 Å². The number of hydrogen-bond acceptors (Lipinski definition) is 3. The first-order chi connectivity index (χ1) is 8.90. The fourth-order valence-corrected chi connectivity index (χ4v) is 1.38. The molecule has 0 aliphatic carbocycles. The second-order valence-corrected chi connectivity index (χ2v) is 4.55. The molecule has 2 unspecified atom stereocenters. The molecule has 0 saturated heterocycles. The van der Waals surface area contributed by atoms with Crippen molar-refractivity contribution >= 4 is 12.0 Å². The van der Waals surface area contributed by atoms with Crippen molar-refractivity contribution in [1.29, 1.82) is 0 Å². The number of hydrogen-bond donors (Lipinski definition) is 3. The topological polar surface area (TPSA) is 91.3 Å². The lowest BCUT2D eigenvalue weighted by Gasteiger charge is -2.18. The molecule has 1 heterocycles. The number of carboxylic acids is 1. The molecule has 104 valence electrons. The molecule has 2 atom stereocenters. The third-order valence-corrected chi connectivity index (χ3v) is 2.92. The van der Waals surface area contributed by atoms with Crippen molar-refractivity contribution in [1.82, 2.24) is 15.6 Å². The average Bonchev–Trinajstić information content (AvgIpc) is 2.37. The fourth-order valence-electron chi connectivity index (χ4n) is 1.38. The van der Waals surface area contributed by atoms with Crippen LogP contribution in [-0.4, -0.2) is 28.1 Å². The summed E-state index contributed by atoms with van der Waals surface area (Å²) in [4.78, 5) is 26.5. The summed E-state index contributed by atoms with van der Waals surface area (Å²) < 4.78 is 0. The van der Waals surface area contributed by atoms with E-state index < -0.39 is 17.9 Å². The Morgan fingerprint density at radius 1 is 1.37 bits per heavy atom. The Bertz CT molecular complexity index is 445. The van der Waals surface area contributed by atoms with Crippen LogP contribution >= 0.6 is 0 Å². The largest absolute Gasteiger partial charge is 0.481 e. The molecule has 0 aliphatic heterocycles. The van der Waals surface area contributed by atoms with Crippen LogP contribution in [0.3, 0.4) is 0 Å². The highest BCUT2D eigenvalue weighted by molar-refractivity contribution is 5.76. The summed E-state index contributed by atoms with van der Waals surface area (Å²) in [7, 11) is 0. The maximum absolute atomic E-state index is 11.6. The van der Waals surface area contributed by atoms with Crippen molar-refractivity contribution < 1.29 is 14.7 Å². The van der Waals surface area contributed by atoms with Crippen molar-refractivity contribution in [2.24, 2.45) is 5.92 Å². The number of carbonyl (C=O) groups excluding carboxylic acids is 1. The lowest BCUT2D eigenvalue weighted by atomic mass is 10.0. The van der Waals surface area contributed by atoms with Gasteiger partial charge in [0.25, 0.3) is 0 Å². The van der Waals surface area contributed by atoms with E-state index in [1.54, 1.807) is 20.0 Å². The van der Waals surface area contributed by atoms with Crippen LogP contribution in [0, 0.1) is 12.8 Å². The van der Waals surface area contributed by atoms with E-state index >= 15 is 0 Å². The van der Waals surface area contributed by atoms with Gasteiger partial charge in [-0.3, -0.25) is 9.78 Å². The van der Waals surface area contributed by atoms with Crippen LogP contribution in [0.25, 0.3) is 0 Å². The van der Waals surface area contributed by atoms with Crippen molar-refractivity contribution in [3.8, 4) is 0 Å². The molecular formula is C13H19N3O3. The van der Waals surface area contributed by atoms with Crippen LogP contribution in [0.5, 0.6) is 0 Å². The van der Waals surface area contributed by atoms with E-state index in [1.807, 2.05) is 19.1 Å². The second kappa shape index (κ2) is 6.72. The summed E-state index contributed by atoms with van der Waals surface area (Å²) in [6.45, 7) is 5.45. The lowest BCUT2D eigenvalue weighted by molar-refractivity contribution is -0.141. The number of rotatable bonds is 5. The summed E-state index contributed by atoms with van der Waals surface area (Å²) in [6, 6.07) is 2.92. The number of amides is 2. The molecule has 0 spiro atoms. The number of nitrogens with zero attached hydrogens (tertiary/aromatic N) is 1. The normalized spacial score (nSPS) is 13.4. The summed E-state index contributed by atoms with van der Waals surface area (Å²) in [5, 5.41) is 14.1. The van der Waals surface area contributed by atoms with Gasteiger partial charge < -0.3 is 15.7 Å². The van der Waals surface area contributed by atoms with E-state index in [0.717, 1.165) is 11.3 Å². The van der Waals surface area contributed by atoms with Gasteiger partial charge in [0.05, 0.1) is 5.92 Å². The van der Waals surface area contributed by atoms with Gasteiger partial charge in [0.2, 0.25) is 0 Å². The number of urea groups is 1. The molecule has 2 amide bonds. The molecule has 3 N–H and O–H groups in total. The minimum Gasteiger partial charge on any atom is -0.481 e. The zero-order chi connectivity index (χ0) is 14.4. The standard InChI is InChI=1S/C13H19N3O3/c1-8-4-5-11(6-14-8)7-15-13(19)16-10(3)9(2)12(17)18/h4-6,9-10H,7H2,1-3H3,(H,17,18)(H2,15,16,19). The molecule has 1 aromatic heterocycles. The van der Waals surface area contributed by atoms with Gasteiger partial charge in [0.1, 0.15) is 0 Å². The van der Waals surface area contributed by atoms with E-state index in [2.05, 4.69) is 15.6 Å². The minimum atomic E-state index is -0.935. The number of aliphatic carboxylic acids is 1. The Hall–Kier alpha value is -2.11. The first kappa shape index (κ1) is 14.9. The molecule has 6 heteroatoms. The third-order valence-electron chi connectivity index (χ3n) is 2.92. The second-order valence-electron chi connectivity index (χ2n) is 4.55. The highest BCUT2D eigenvalue weighted by Crippen LogP contribution is 2.02. The summed E-state index contributed by atoms with van der Waals surface area (Å²) in [5.74, 6) is -1.57. The molecule has 1 rings (SSSR count). The minimum absolute atomic E-state index is 0.354. The van der Waals surface area contributed by atoms with Gasteiger partial charge >= 0.3 is 12.0 Å². The number of pyridine rings is 1. The number of carbonyl (C=O) groups is 2. The molecule has 0 saturated carbocycles. The molecule has 19 heavy (non-hydrogen) atoms. The number of nitrogens with one attached hydrogen (secondary N) is 2. The molecule has 1 aromatic rings. The Balaban J connectivity index is 2.39. The maximum Gasteiger partial charge on any atom is 0.315 e. The molecule has 6 nitrogen and oxygen atoms in total. The Labute approximate surface area is 112 Å². The van der Waals surface area contributed by atoms with Gasteiger partial charge in [0, 0.05) is 24.5 Å². The van der Waals surface area contributed by atoms with E-state index in [4.69, 9.17) is 5.11 Å². The third kappa shape index (κ3) is 4.95. The van der Waals surface area contributed by atoms with Crippen LogP contribution in [0.1, 0.15) is 25.1 Å². The Kier molecular flexibility index (Phi) is 5.29. The maximum atomic E-state index is 11.6. The molecule has 0 aromatic carbocycles. The van der Waals surface area contributed by atoms with Gasteiger partial charge in [-0.15, -0.1) is 0 Å². The predicted molar refractivity (Wildman–Crippen MR) is 70.6 cm³/mol. The highest BCUT2D eigenvalue weighted by atomic mass is 16.4. The lowest BCUT2D eigenvalue weighted by Crippen LogP contribution is -2.45. The summed E-state index contributed by atoms with van der Waals surface area (Å²) in [6.07, 6.45) is 1.69. The van der Waals surface area contributed by atoms with E-state index in [9.17, 15) is 9.59 Å². The average molecular weight is 265 g/mol. The van der Waals surface area contributed by atoms with Gasteiger partial charge in [-0.2, -0.15) is 0 Å². The van der Waals surface area contributed by atoms with Crippen LogP contribution in [0.15, 0.2) is 18.3 Å². The van der Waals surface area contributed by atoms with Crippen molar-refractivity contribution in [2.45, 2.75) is 33.4 Å². The van der Waals surface area contributed by atoms with Crippen molar-refractivity contribution in [3.63, 3.8) is 0 Å². The van der Waals surface area contributed by atoms with E-state index in [-0.39, 0.29) is 6.03 Å². The molecule has 0 radical (unpaired) electrons. The van der Waals surface area contributed by atoms with Crippen LogP contribution < -0.4 is 10.6 Å². The number of aromatic nitrogens is 1. The van der Waals surface area contributed by atoms with E-state index in [0.29, 0.717) is 6.54 Å². The van der Waals surface area contributed by atoms with E-state index in [1.165, 1.54) is 0 Å². The number of aryl methyl sites for hydroxylation is 1. The predicted octanol–water partition coefficient (Wildman–Crippen LogP) is 1.30. The summed E-state index contributed by atoms with van der Waals surface area (Å²) in [5.41, 5.74) is 1.80. The van der Waals surface area contributed by atoms with Crippen LogP contribution in [0.4, 0.5) is 4.79 Å². The zero-order valence-corrected chi connectivity index (χ0v) is 11.3. The van der Waals surface area contributed by atoms with Gasteiger partial charge in [0.15, 0.2) is 0 Å². The zero-order valence-electron chi connectivity index (χ0n) is 11.3. The molecule has 0 fully saturated rings. The summed E-state index contributed by atoms with van der Waals surface area (Å²) >= 11 is 0. The van der Waals surface area contributed by atoms with Crippen molar-refractivity contribution in [2.75, 3.05) is 0 Å². The molecular weight excluding hydrogens is 246 g/mol. The van der Waals surface area contributed by atoms with Crippen LogP contribution in [-0.2, 0) is 11.3 Å². The smallest absolute Gasteiger partial charge is 0.315 e. The first-order valence-corrected chi connectivity index (χ1v) is 6.09. The Morgan fingerprint density at radius 3 is 2.58 bits per heavy atom. The quantitative estimate of drug-likeness (QED) is 0.748. The SMILES string of the molecule is Cc1ccc(CNC(=O)NC(C)C(C)C(=O)O)cn1. The monoisotopic (exact) mass is 265 g/mol. The van der Waals surface area contributed by atoms with Gasteiger partial charge in [-0.1, -0.05) is 6.07 Å². The van der Waals surface area contributed by atoms with Crippen molar-refractivity contribution in [3.05, 3.63) is 29.6 Å².